The van der Waals surface area contributed by atoms with Crippen molar-refractivity contribution in [3.63, 3.8) is 0 Å². The van der Waals surface area contributed by atoms with Gasteiger partial charge < -0.3 is 5.32 Å². The molecule has 0 aliphatic heterocycles. The van der Waals surface area contributed by atoms with E-state index in [9.17, 15) is 4.79 Å². The van der Waals surface area contributed by atoms with Crippen molar-refractivity contribution in [2.45, 2.75) is 0 Å². The highest BCUT2D eigenvalue weighted by Gasteiger charge is 2.09. The summed E-state index contributed by atoms with van der Waals surface area (Å²) >= 11 is 7.04. The fourth-order valence-electron chi connectivity index (χ4n) is 1.76. The third kappa shape index (κ3) is 3.26. The Balaban J connectivity index is 1.74. The van der Waals surface area contributed by atoms with Crippen LogP contribution in [0.1, 0.15) is 9.67 Å². The lowest BCUT2D eigenvalue weighted by Gasteiger charge is -2.04. The predicted octanol–water partition coefficient (Wildman–Crippen LogP) is 4.11. The van der Waals surface area contributed by atoms with Crippen molar-refractivity contribution < 1.29 is 4.79 Å². The fourth-order valence-corrected chi connectivity index (χ4v) is 2.70. The Labute approximate surface area is 130 Å². The number of halogens is 1. The van der Waals surface area contributed by atoms with Gasteiger partial charge in [-0.3, -0.25) is 4.79 Å². The summed E-state index contributed by atoms with van der Waals surface area (Å²) in [6.07, 6.45) is 3.17. The molecule has 2 aromatic heterocycles. The molecule has 0 atom stereocenters. The number of anilines is 1. The number of benzene rings is 1. The lowest BCUT2D eigenvalue weighted by atomic mass is 10.2. The molecule has 0 radical (unpaired) electrons. The van der Waals surface area contributed by atoms with Gasteiger partial charge in [-0.2, -0.15) is 0 Å². The van der Waals surface area contributed by atoms with E-state index in [1.54, 1.807) is 24.5 Å². The number of carbonyl (C=O) groups is 1. The van der Waals surface area contributed by atoms with E-state index in [1.807, 2.05) is 30.3 Å². The number of aromatic nitrogens is 2. The van der Waals surface area contributed by atoms with Crippen LogP contribution in [0.3, 0.4) is 0 Å². The smallest absolute Gasteiger partial charge is 0.265 e. The number of rotatable bonds is 3. The molecular formula is C15H10ClN3OS. The van der Waals surface area contributed by atoms with E-state index in [2.05, 4.69) is 15.3 Å². The summed E-state index contributed by atoms with van der Waals surface area (Å²) in [6.45, 7) is 0. The second kappa shape index (κ2) is 6.03. The number of carbonyl (C=O) groups excluding carboxylic acids is 1. The average Bonchev–Trinajstić information content (AvgIpc) is 2.96. The number of amides is 1. The maximum Gasteiger partial charge on any atom is 0.265 e. The Morgan fingerprint density at radius 3 is 2.38 bits per heavy atom. The highest BCUT2D eigenvalue weighted by Crippen LogP contribution is 2.22. The molecule has 0 unspecified atom stereocenters. The highest BCUT2D eigenvalue weighted by molar-refractivity contribution is 7.18. The number of thiophene rings is 1. The summed E-state index contributed by atoms with van der Waals surface area (Å²) in [4.78, 5) is 21.0. The first-order valence-electron chi connectivity index (χ1n) is 6.16. The van der Waals surface area contributed by atoms with Gasteiger partial charge in [-0.15, -0.1) is 11.3 Å². The van der Waals surface area contributed by atoms with Crippen molar-refractivity contribution in [1.29, 1.82) is 0 Å². The summed E-state index contributed by atoms with van der Waals surface area (Å²) in [6, 6.07) is 13.0. The van der Waals surface area contributed by atoms with Crippen LogP contribution in [-0.2, 0) is 0 Å². The van der Waals surface area contributed by atoms with Gasteiger partial charge in [-0.05, 0) is 12.1 Å². The average molecular weight is 316 g/mol. The number of nitrogens with one attached hydrogen (secondary N) is 1. The van der Waals surface area contributed by atoms with Crippen LogP contribution in [0.4, 0.5) is 5.69 Å². The van der Waals surface area contributed by atoms with E-state index < -0.39 is 0 Å². The van der Waals surface area contributed by atoms with Gasteiger partial charge in [-0.25, -0.2) is 9.97 Å². The van der Waals surface area contributed by atoms with E-state index in [0.717, 1.165) is 5.56 Å². The van der Waals surface area contributed by atoms with Gasteiger partial charge >= 0.3 is 0 Å². The molecule has 4 nitrogen and oxygen atoms in total. The predicted molar refractivity (Wildman–Crippen MR) is 84.8 cm³/mol. The second-order valence-electron chi connectivity index (χ2n) is 4.22. The summed E-state index contributed by atoms with van der Waals surface area (Å²) < 4.78 is 0.579. The van der Waals surface area contributed by atoms with Gasteiger partial charge in [0.05, 0.1) is 27.3 Å². The number of nitrogens with zero attached hydrogens (tertiary/aromatic N) is 2. The molecular weight excluding hydrogens is 306 g/mol. The van der Waals surface area contributed by atoms with Gasteiger partial charge in [0.1, 0.15) is 0 Å². The molecule has 6 heteroatoms. The zero-order chi connectivity index (χ0) is 14.7. The van der Waals surface area contributed by atoms with E-state index in [0.29, 0.717) is 20.7 Å². The minimum atomic E-state index is -0.219. The zero-order valence-electron chi connectivity index (χ0n) is 10.8. The quantitative estimate of drug-likeness (QED) is 0.791. The van der Waals surface area contributed by atoms with Gasteiger partial charge in [0.2, 0.25) is 0 Å². The van der Waals surface area contributed by atoms with Crippen molar-refractivity contribution in [2.75, 3.05) is 5.32 Å². The first-order valence-corrected chi connectivity index (χ1v) is 7.36. The van der Waals surface area contributed by atoms with Gasteiger partial charge in [0.25, 0.3) is 5.91 Å². The van der Waals surface area contributed by atoms with Crippen LogP contribution in [-0.4, -0.2) is 15.9 Å². The van der Waals surface area contributed by atoms with Crippen LogP contribution in [0.5, 0.6) is 0 Å². The Kier molecular flexibility index (Phi) is 3.94. The summed E-state index contributed by atoms with van der Waals surface area (Å²) in [7, 11) is 0. The Morgan fingerprint density at radius 1 is 1.05 bits per heavy atom. The van der Waals surface area contributed by atoms with Gasteiger partial charge in [0, 0.05) is 5.56 Å². The molecule has 0 aliphatic rings. The minimum Gasteiger partial charge on any atom is -0.319 e. The molecule has 1 amide bonds. The molecule has 1 aromatic carbocycles. The first-order chi connectivity index (χ1) is 10.2. The summed E-state index contributed by atoms with van der Waals surface area (Å²) in [5.74, 6) is 0.399. The SMILES string of the molecule is O=C(Nc1cnc(-c2ccccc2)nc1)c1ccc(Cl)s1. The lowest BCUT2D eigenvalue weighted by molar-refractivity contribution is 0.103. The lowest BCUT2D eigenvalue weighted by Crippen LogP contribution is -2.10. The molecule has 21 heavy (non-hydrogen) atoms. The number of hydrogen-bond donors (Lipinski definition) is 1. The van der Waals surface area contributed by atoms with Gasteiger partial charge in [-0.1, -0.05) is 41.9 Å². The fraction of sp³-hybridized carbons (Fsp3) is 0. The topological polar surface area (TPSA) is 54.9 Å². The molecule has 104 valence electrons. The molecule has 0 saturated heterocycles. The van der Waals surface area contributed by atoms with E-state index in [4.69, 9.17) is 11.6 Å². The molecule has 0 spiro atoms. The minimum absolute atomic E-state index is 0.219. The summed E-state index contributed by atoms with van der Waals surface area (Å²) in [5.41, 5.74) is 1.48. The maximum absolute atomic E-state index is 12.0. The van der Waals surface area contributed by atoms with Crippen LogP contribution < -0.4 is 5.32 Å². The molecule has 0 fully saturated rings. The van der Waals surface area contributed by atoms with E-state index >= 15 is 0 Å². The van der Waals surface area contributed by atoms with Crippen LogP contribution in [0.2, 0.25) is 4.34 Å². The molecule has 0 aliphatic carbocycles. The van der Waals surface area contributed by atoms with Crippen molar-refractivity contribution in [2.24, 2.45) is 0 Å². The van der Waals surface area contributed by atoms with Crippen LogP contribution in [0.15, 0.2) is 54.9 Å². The number of hydrogen-bond acceptors (Lipinski definition) is 4. The first kappa shape index (κ1) is 13.7. The summed E-state index contributed by atoms with van der Waals surface area (Å²) in [5, 5.41) is 2.74. The Morgan fingerprint density at radius 2 is 1.76 bits per heavy atom. The standard InChI is InChI=1S/C15H10ClN3OS/c16-13-7-6-12(21-13)15(20)19-11-8-17-14(18-9-11)10-4-2-1-3-5-10/h1-9H,(H,19,20). The second-order valence-corrected chi connectivity index (χ2v) is 5.93. The molecule has 2 heterocycles. The molecule has 3 aromatic rings. The van der Waals surface area contributed by atoms with Crippen molar-refractivity contribution in [1.82, 2.24) is 9.97 Å². The molecule has 1 N–H and O–H groups in total. The van der Waals surface area contributed by atoms with Crippen LogP contribution in [0.25, 0.3) is 11.4 Å². The van der Waals surface area contributed by atoms with Gasteiger partial charge in [0.15, 0.2) is 5.82 Å². The van der Waals surface area contributed by atoms with Crippen LogP contribution in [0, 0.1) is 0 Å². The molecule has 0 bridgehead atoms. The van der Waals surface area contributed by atoms with E-state index in [-0.39, 0.29) is 5.91 Å². The molecule has 0 saturated carbocycles. The highest BCUT2D eigenvalue weighted by atomic mass is 35.5. The van der Waals surface area contributed by atoms with Crippen molar-refractivity contribution in [3.05, 3.63) is 64.1 Å². The van der Waals surface area contributed by atoms with E-state index in [1.165, 1.54) is 11.3 Å². The zero-order valence-corrected chi connectivity index (χ0v) is 12.4. The van der Waals surface area contributed by atoms with Crippen molar-refractivity contribution in [3.8, 4) is 11.4 Å². The Hall–Kier alpha value is -2.24. The third-order valence-corrected chi connectivity index (χ3v) is 3.97. The monoisotopic (exact) mass is 315 g/mol. The maximum atomic E-state index is 12.0. The molecule has 3 rings (SSSR count). The van der Waals surface area contributed by atoms with Crippen LogP contribution >= 0.6 is 22.9 Å². The third-order valence-electron chi connectivity index (χ3n) is 2.74. The normalized spacial score (nSPS) is 10.3. The Bertz CT molecular complexity index is 756. The van der Waals surface area contributed by atoms with Crippen molar-refractivity contribution >= 4 is 34.5 Å². The largest absolute Gasteiger partial charge is 0.319 e.